The van der Waals surface area contributed by atoms with Crippen molar-refractivity contribution in [3.8, 4) is 22.8 Å². The van der Waals surface area contributed by atoms with E-state index >= 15 is 0 Å². The van der Waals surface area contributed by atoms with E-state index in [-0.39, 0.29) is 33.6 Å². The molecule has 1 aromatic heterocycles. The number of sulfone groups is 1. The van der Waals surface area contributed by atoms with Crippen LogP contribution in [0.2, 0.25) is 0 Å². The predicted molar refractivity (Wildman–Crippen MR) is 130 cm³/mol. The number of amides is 1. The molecule has 1 heterocycles. The van der Waals surface area contributed by atoms with Gasteiger partial charge in [0.05, 0.1) is 31.4 Å². The van der Waals surface area contributed by atoms with Crippen molar-refractivity contribution < 1.29 is 44.6 Å². The van der Waals surface area contributed by atoms with Crippen molar-refractivity contribution in [3.63, 3.8) is 0 Å². The Kier molecular flexibility index (Phi) is 8.92. The number of halogens is 6. The Bertz CT molecular complexity index is 1450. The number of carbonyl (C=O) groups is 1. The summed E-state index contributed by atoms with van der Waals surface area (Å²) in [4.78, 5) is 19.2. The van der Waals surface area contributed by atoms with Gasteiger partial charge in [0, 0.05) is 22.5 Å². The molecule has 2 aromatic carbocycles. The Morgan fingerprint density at radius 3 is 2.32 bits per heavy atom. The van der Waals surface area contributed by atoms with Gasteiger partial charge in [0.1, 0.15) is 11.5 Å². The summed E-state index contributed by atoms with van der Waals surface area (Å²) in [7, 11) is -1.80. The quantitative estimate of drug-likeness (QED) is 0.251. The normalized spacial score (nSPS) is 11.8. The van der Waals surface area contributed by atoms with Crippen LogP contribution in [0, 0.1) is 11.6 Å². The largest absolute Gasteiger partial charge is 0.493 e. The molecule has 0 aliphatic heterocycles. The highest BCUT2D eigenvalue weighted by Crippen LogP contribution is 2.35. The van der Waals surface area contributed by atoms with Crippen molar-refractivity contribution in [1.29, 1.82) is 0 Å². The van der Waals surface area contributed by atoms with E-state index in [1.807, 2.05) is 0 Å². The van der Waals surface area contributed by atoms with Crippen LogP contribution >= 0.6 is 15.9 Å². The average Bonchev–Trinajstić information content (AvgIpc) is 2.84. The summed E-state index contributed by atoms with van der Waals surface area (Å²) >= 11 is 2.91. The van der Waals surface area contributed by atoms with Gasteiger partial charge in [-0.3, -0.25) is 4.79 Å². The smallest absolute Gasteiger partial charge is 0.433 e. The van der Waals surface area contributed by atoms with E-state index in [0.717, 1.165) is 6.07 Å². The number of methoxy groups -OCH3 is 2. The van der Waals surface area contributed by atoms with Gasteiger partial charge in [0.25, 0.3) is 0 Å². The van der Waals surface area contributed by atoms with E-state index in [1.165, 1.54) is 32.4 Å². The molecule has 3 aromatic rings. The molecule has 0 bridgehead atoms. The second-order valence-electron chi connectivity index (χ2n) is 7.70. The van der Waals surface area contributed by atoms with Crippen LogP contribution in [0.4, 0.5) is 27.6 Å². The van der Waals surface area contributed by atoms with Gasteiger partial charge in [-0.25, -0.2) is 27.2 Å². The molecule has 0 saturated carbocycles. The molecule has 0 radical (unpaired) electrons. The molecule has 38 heavy (non-hydrogen) atoms. The SMILES string of the molecule is COc1ccc(-c2cc(C(F)(F)F)nc(S(=O)(=O)CCCC(=O)Nc3c(F)cc(F)cc3Br)n2)cc1OC. The van der Waals surface area contributed by atoms with Crippen molar-refractivity contribution in [3.05, 3.63) is 58.2 Å². The van der Waals surface area contributed by atoms with Gasteiger partial charge in [-0.2, -0.15) is 13.2 Å². The Hall–Kier alpha value is -3.33. The molecule has 0 fully saturated rings. The first kappa shape index (κ1) is 29.2. The maximum atomic E-state index is 13.9. The molecule has 15 heteroatoms. The van der Waals surface area contributed by atoms with Crippen LogP contribution in [-0.4, -0.2) is 44.3 Å². The number of carbonyl (C=O) groups excluding carboxylic acids is 1. The number of anilines is 1. The predicted octanol–water partition coefficient (Wildman–Crippen LogP) is 5.41. The molecule has 0 aliphatic carbocycles. The lowest BCUT2D eigenvalue weighted by Gasteiger charge is -2.13. The van der Waals surface area contributed by atoms with Gasteiger partial charge < -0.3 is 14.8 Å². The van der Waals surface area contributed by atoms with E-state index in [2.05, 4.69) is 31.2 Å². The fraction of sp³-hybridized carbons (Fsp3) is 0.261. The third-order valence-electron chi connectivity index (χ3n) is 5.04. The number of alkyl halides is 3. The topological polar surface area (TPSA) is 107 Å². The second-order valence-corrected chi connectivity index (χ2v) is 10.6. The Labute approximate surface area is 222 Å². The molecule has 0 aliphatic rings. The maximum Gasteiger partial charge on any atom is 0.433 e. The van der Waals surface area contributed by atoms with E-state index in [9.17, 15) is 35.2 Å². The molecule has 3 rings (SSSR count). The lowest BCUT2D eigenvalue weighted by molar-refractivity contribution is -0.141. The Morgan fingerprint density at radius 1 is 1.03 bits per heavy atom. The lowest BCUT2D eigenvalue weighted by Crippen LogP contribution is -2.18. The first-order valence-electron chi connectivity index (χ1n) is 10.6. The number of benzene rings is 2. The zero-order chi connectivity index (χ0) is 28.3. The van der Waals surface area contributed by atoms with Crippen LogP contribution in [0.15, 0.2) is 46.0 Å². The van der Waals surface area contributed by atoms with Crippen LogP contribution in [-0.2, 0) is 20.8 Å². The number of nitrogens with zero attached hydrogens (tertiary/aromatic N) is 2. The molecular weight excluding hydrogens is 605 g/mol. The minimum absolute atomic E-state index is 0.0731. The third-order valence-corrected chi connectivity index (χ3v) is 7.23. The van der Waals surface area contributed by atoms with E-state index in [4.69, 9.17) is 9.47 Å². The lowest BCUT2D eigenvalue weighted by atomic mass is 10.1. The van der Waals surface area contributed by atoms with Gasteiger partial charge >= 0.3 is 6.18 Å². The monoisotopic (exact) mass is 623 g/mol. The number of ether oxygens (including phenoxy) is 2. The standard InChI is InChI=1S/C23H19BrF5N3O5S/c1-36-17-6-5-12(8-18(17)37-2)16-11-19(23(27,28)29)31-22(30-16)38(34,35)7-3-4-20(33)32-21-14(24)9-13(25)10-15(21)26/h5-6,8-11H,3-4,7H2,1-2H3,(H,32,33). The van der Waals surface area contributed by atoms with E-state index in [1.54, 1.807) is 0 Å². The van der Waals surface area contributed by atoms with Gasteiger partial charge in [-0.1, -0.05) is 0 Å². The van der Waals surface area contributed by atoms with Crippen LogP contribution in [0.5, 0.6) is 11.5 Å². The molecule has 0 unspecified atom stereocenters. The van der Waals surface area contributed by atoms with Crippen molar-refractivity contribution in [2.45, 2.75) is 24.2 Å². The zero-order valence-corrected chi connectivity index (χ0v) is 22.1. The summed E-state index contributed by atoms with van der Waals surface area (Å²) in [5, 5.41) is 1.11. The first-order chi connectivity index (χ1) is 17.7. The average molecular weight is 624 g/mol. The van der Waals surface area contributed by atoms with E-state index in [0.29, 0.717) is 17.9 Å². The van der Waals surface area contributed by atoms with Crippen LogP contribution in [0.3, 0.4) is 0 Å². The zero-order valence-electron chi connectivity index (χ0n) is 19.7. The van der Waals surface area contributed by atoms with Crippen molar-refractivity contribution in [2.24, 2.45) is 0 Å². The molecule has 0 spiro atoms. The molecular formula is C23H19BrF5N3O5S. The number of hydrogen-bond acceptors (Lipinski definition) is 7. The summed E-state index contributed by atoms with van der Waals surface area (Å²) in [6.45, 7) is 0. The molecule has 0 atom stereocenters. The number of nitrogens with one attached hydrogen (secondary N) is 1. The fourth-order valence-electron chi connectivity index (χ4n) is 3.23. The highest BCUT2D eigenvalue weighted by Gasteiger charge is 2.35. The minimum atomic E-state index is -4.98. The Morgan fingerprint density at radius 2 is 1.71 bits per heavy atom. The van der Waals surface area contributed by atoms with Crippen LogP contribution in [0.1, 0.15) is 18.5 Å². The highest BCUT2D eigenvalue weighted by molar-refractivity contribution is 9.10. The minimum Gasteiger partial charge on any atom is -0.493 e. The number of rotatable bonds is 9. The van der Waals surface area contributed by atoms with Gasteiger partial charge in [-0.05, 0) is 52.7 Å². The van der Waals surface area contributed by atoms with Crippen molar-refractivity contribution in [2.75, 3.05) is 25.3 Å². The summed E-state index contributed by atoms with van der Waals surface area (Å²) in [6, 6.07) is 6.18. The molecule has 0 saturated heterocycles. The molecule has 1 N–H and O–H groups in total. The van der Waals surface area contributed by atoms with Gasteiger partial charge in [0.15, 0.2) is 17.3 Å². The summed E-state index contributed by atoms with van der Waals surface area (Å²) in [6.07, 6.45) is -5.77. The number of hydrogen-bond donors (Lipinski definition) is 1. The molecule has 8 nitrogen and oxygen atoms in total. The van der Waals surface area contributed by atoms with Crippen molar-refractivity contribution in [1.82, 2.24) is 9.97 Å². The maximum absolute atomic E-state index is 13.9. The highest BCUT2D eigenvalue weighted by atomic mass is 79.9. The summed E-state index contributed by atoms with van der Waals surface area (Å²) < 4.78 is 104. The summed E-state index contributed by atoms with van der Waals surface area (Å²) in [5.74, 6) is -3.05. The van der Waals surface area contributed by atoms with Crippen molar-refractivity contribution >= 4 is 37.4 Å². The molecule has 1 amide bonds. The molecule has 204 valence electrons. The first-order valence-corrected chi connectivity index (χ1v) is 13.1. The Balaban J connectivity index is 1.84. The van der Waals surface area contributed by atoms with Crippen LogP contribution in [0.25, 0.3) is 11.3 Å². The van der Waals surface area contributed by atoms with E-state index < -0.39 is 56.6 Å². The summed E-state index contributed by atoms with van der Waals surface area (Å²) in [5.41, 5.74) is -2.05. The van der Waals surface area contributed by atoms with Gasteiger partial charge in [0.2, 0.25) is 20.9 Å². The third kappa shape index (κ3) is 6.95. The fourth-order valence-corrected chi connectivity index (χ4v) is 4.92. The second kappa shape index (κ2) is 11.6. The number of aromatic nitrogens is 2. The van der Waals surface area contributed by atoms with Crippen LogP contribution < -0.4 is 14.8 Å². The van der Waals surface area contributed by atoms with Gasteiger partial charge in [-0.15, -0.1) is 0 Å².